The second-order valence-corrected chi connectivity index (χ2v) is 6.35. The minimum absolute atomic E-state index is 0.261. The zero-order valence-electron chi connectivity index (χ0n) is 11.9. The van der Waals surface area contributed by atoms with Gasteiger partial charge in [-0.3, -0.25) is 9.89 Å². The van der Waals surface area contributed by atoms with Gasteiger partial charge in [-0.2, -0.15) is 0 Å². The highest BCUT2D eigenvalue weighted by Crippen LogP contribution is 2.25. The van der Waals surface area contributed by atoms with Gasteiger partial charge >= 0.3 is 0 Å². The topological polar surface area (TPSA) is 50.8 Å². The lowest BCUT2D eigenvalue weighted by atomic mass is 9.88. The second kappa shape index (κ2) is 6.23. The minimum atomic E-state index is 0.261. The Kier molecular flexibility index (Phi) is 4.38. The van der Waals surface area contributed by atoms with Crippen molar-refractivity contribution in [3.63, 3.8) is 0 Å². The molecule has 0 aromatic heterocycles. The maximum absolute atomic E-state index is 6.15. The van der Waals surface area contributed by atoms with Crippen LogP contribution in [0.25, 0.3) is 0 Å². The molecule has 2 aliphatic heterocycles. The molecule has 4 heteroatoms. The van der Waals surface area contributed by atoms with E-state index in [2.05, 4.69) is 9.89 Å². The fourth-order valence-electron chi connectivity index (χ4n) is 3.73. The Bertz CT molecular complexity index is 325. The van der Waals surface area contributed by atoms with Crippen molar-refractivity contribution < 1.29 is 4.74 Å². The molecule has 3 aliphatic rings. The Hall–Kier alpha value is -0.610. The van der Waals surface area contributed by atoms with Gasteiger partial charge in [0.15, 0.2) is 0 Å². The van der Waals surface area contributed by atoms with E-state index >= 15 is 0 Å². The first-order chi connectivity index (χ1) is 9.33. The number of fused-ring (bicyclic) bond motifs is 1. The molecule has 0 aromatic rings. The van der Waals surface area contributed by atoms with E-state index in [4.69, 9.17) is 10.5 Å². The van der Waals surface area contributed by atoms with E-state index < -0.39 is 0 Å². The average molecular weight is 265 g/mol. The van der Waals surface area contributed by atoms with Crippen molar-refractivity contribution in [2.24, 2.45) is 16.6 Å². The van der Waals surface area contributed by atoms with E-state index in [1.54, 1.807) is 0 Å². The number of rotatable bonds is 3. The van der Waals surface area contributed by atoms with Crippen LogP contribution in [0.3, 0.4) is 0 Å². The Morgan fingerprint density at radius 2 is 2.00 bits per heavy atom. The van der Waals surface area contributed by atoms with Crippen molar-refractivity contribution in [3.8, 4) is 0 Å². The molecule has 4 nitrogen and oxygen atoms in total. The lowest BCUT2D eigenvalue weighted by Gasteiger charge is -2.34. The molecule has 1 aliphatic carbocycles. The summed E-state index contributed by atoms with van der Waals surface area (Å²) in [6, 6.07) is 0.677. The van der Waals surface area contributed by atoms with Crippen LogP contribution in [-0.4, -0.2) is 49.1 Å². The third-order valence-electron chi connectivity index (χ3n) is 4.96. The highest BCUT2D eigenvalue weighted by Gasteiger charge is 2.32. The predicted molar refractivity (Wildman–Crippen MR) is 77.4 cm³/mol. The normalized spacial score (nSPS) is 34.4. The summed E-state index contributed by atoms with van der Waals surface area (Å²) in [5.74, 6) is 1.42. The molecule has 0 radical (unpaired) electrons. The van der Waals surface area contributed by atoms with Crippen LogP contribution in [-0.2, 0) is 4.74 Å². The largest absolute Gasteiger partial charge is 0.387 e. The van der Waals surface area contributed by atoms with E-state index in [9.17, 15) is 0 Å². The zero-order chi connectivity index (χ0) is 13.1. The van der Waals surface area contributed by atoms with Gasteiger partial charge in [0.2, 0.25) is 0 Å². The fourth-order valence-corrected chi connectivity index (χ4v) is 3.73. The highest BCUT2D eigenvalue weighted by molar-refractivity contribution is 5.82. The van der Waals surface area contributed by atoms with E-state index in [1.807, 2.05) is 0 Å². The van der Waals surface area contributed by atoms with Gasteiger partial charge in [0.1, 0.15) is 0 Å². The molecule has 0 aromatic carbocycles. The van der Waals surface area contributed by atoms with Crippen LogP contribution >= 0.6 is 0 Å². The molecule has 0 spiro atoms. The highest BCUT2D eigenvalue weighted by atomic mass is 16.5. The summed E-state index contributed by atoms with van der Waals surface area (Å²) < 4.78 is 5.93. The second-order valence-electron chi connectivity index (χ2n) is 6.35. The first-order valence-electron chi connectivity index (χ1n) is 7.98. The quantitative estimate of drug-likeness (QED) is 0.625. The number of morpholine rings is 1. The van der Waals surface area contributed by atoms with Crippen LogP contribution in [0, 0.1) is 5.92 Å². The summed E-state index contributed by atoms with van der Waals surface area (Å²) in [7, 11) is 0. The number of hydrogen-bond acceptors (Lipinski definition) is 3. The van der Waals surface area contributed by atoms with Crippen molar-refractivity contribution in [3.05, 3.63) is 0 Å². The molecule has 0 amide bonds. The summed E-state index contributed by atoms with van der Waals surface area (Å²) in [5.41, 5.74) is 6.15. The number of ether oxygens (including phenoxy) is 1. The zero-order valence-corrected chi connectivity index (χ0v) is 11.9. The van der Waals surface area contributed by atoms with Crippen LogP contribution in [0.1, 0.15) is 44.9 Å². The molecule has 2 N–H and O–H groups in total. The molecule has 3 fully saturated rings. The Labute approximate surface area is 116 Å². The average Bonchev–Trinajstić information content (AvgIpc) is 2.93. The SMILES string of the molecule is NC(=NCC1CN2CCCC2CO1)C1CCCCC1. The number of nitrogens with two attached hydrogens (primary N) is 1. The van der Waals surface area contributed by atoms with Gasteiger partial charge in [0.25, 0.3) is 0 Å². The van der Waals surface area contributed by atoms with Crippen LogP contribution < -0.4 is 5.73 Å². The van der Waals surface area contributed by atoms with Crippen LogP contribution in [0.2, 0.25) is 0 Å². The number of aliphatic imine (C=N–C) groups is 1. The van der Waals surface area contributed by atoms with Gasteiger partial charge < -0.3 is 10.5 Å². The third kappa shape index (κ3) is 3.29. The monoisotopic (exact) mass is 265 g/mol. The molecule has 2 atom stereocenters. The predicted octanol–water partition coefficient (Wildman–Crippen LogP) is 1.79. The molecule has 0 bridgehead atoms. The standard InChI is InChI=1S/C15H27N3O/c16-15(12-5-2-1-3-6-12)17-9-14-10-18-8-4-7-13(18)11-19-14/h12-14H,1-11H2,(H2,16,17). The number of nitrogens with zero attached hydrogens (tertiary/aromatic N) is 2. The van der Waals surface area contributed by atoms with Gasteiger partial charge in [-0.25, -0.2) is 0 Å². The fraction of sp³-hybridized carbons (Fsp3) is 0.933. The van der Waals surface area contributed by atoms with Crippen LogP contribution in [0.5, 0.6) is 0 Å². The molecule has 3 rings (SSSR count). The maximum Gasteiger partial charge on any atom is 0.0969 e. The number of amidine groups is 1. The first kappa shape index (κ1) is 13.4. The van der Waals surface area contributed by atoms with Crippen molar-refractivity contribution in [2.45, 2.75) is 57.1 Å². The van der Waals surface area contributed by atoms with Crippen molar-refractivity contribution >= 4 is 5.84 Å². The van der Waals surface area contributed by atoms with Crippen molar-refractivity contribution in [1.82, 2.24) is 4.90 Å². The van der Waals surface area contributed by atoms with Gasteiger partial charge in [0, 0.05) is 18.5 Å². The van der Waals surface area contributed by atoms with E-state index in [-0.39, 0.29) is 6.10 Å². The summed E-state index contributed by atoms with van der Waals surface area (Å²) in [5, 5.41) is 0. The molecular formula is C15H27N3O. The van der Waals surface area contributed by atoms with Crippen molar-refractivity contribution in [1.29, 1.82) is 0 Å². The first-order valence-corrected chi connectivity index (χ1v) is 7.98. The molecule has 108 valence electrons. The third-order valence-corrected chi connectivity index (χ3v) is 4.96. The van der Waals surface area contributed by atoms with Crippen LogP contribution in [0.4, 0.5) is 0 Å². The number of hydrogen-bond donors (Lipinski definition) is 1. The van der Waals surface area contributed by atoms with Gasteiger partial charge in [0.05, 0.1) is 25.1 Å². The van der Waals surface area contributed by atoms with Gasteiger partial charge in [-0.05, 0) is 32.2 Å². The lowest BCUT2D eigenvalue weighted by Crippen LogP contribution is -2.47. The van der Waals surface area contributed by atoms with E-state index in [0.717, 1.165) is 25.5 Å². The maximum atomic E-state index is 6.15. The molecule has 19 heavy (non-hydrogen) atoms. The van der Waals surface area contributed by atoms with E-state index in [1.165, 1.54) is 51.5 Å². The van der Waals surface area contributed by atoms with Gasteiger partial charge in [-0.15, -0.1) is 0 Å². The van der Waals surface area contributed by atoms with E-state index in [0.29, 0.717) is 12.0 Å². The Balaban J connectivity index is 1.48. The minimum Gasteiger partial charge on any atom is -0.387 e. The lowest BCUT2D eigenvalue weighted by molar-refractivity contribution is -0.0432. The summed E-state index contributed by atoms with van der Waals surface area (Å²) in [6.07, 6.45) is 9.35. The van der Waals surface area contributed by atoms with Crippen LogP contribution in [0.15, 0.2) is 4.99 Å². The molecule has 2 unspecified atom stereocenters. The Morgan fingerprint density at radius 1 is 1.16 bits per heavy atom. The molecule has 1 saturated carbocycles. The van der Waals surface area contributed by atoms with Gasteiger partial charge in [-0.1, -0.05) is 19.3 Å². The summed E-state index contributed by atoms with van der Waals surface area (Å²) in [4.78, 5) is 7.20. The Morgan fingerprint density at radius 3 is 2.84 bits per heavy atom. The molecule has 2 heterocycles. The van der Waals surface area contributed by atoms with Crippen molar-refractivity contribution in [2.75, 3.05) is 26.2 Å². The summed E-state index contributed by atoms with van der Waals surface area (Å²) >= 11 is 0. The summed E-state index contributed by atoms with van der Waals surface area (Å²) in [6.45, 7) is 3.94. The smallest absolute Gasteiger partial charge is 0.0969 e. The molecular weight excluding hydrogens is 238 g/mol. The molecule has 2 saturated heterocycles.